The molecule has 1 aliphatic rings. The lowest BCUT2D eigenvalue weighted by atomic mass is 9.91. The van der Waals surface area contributed by atoms with Crippen molar-refractivity contribution in [2.75, 3.05) is 13.1 Å². The predicted octanol–water partition coefficient (Wildman–Crippen LogP) is 5.45. The van der Waals surface area contributed by atoms with Crippen molar-refractivity contribution < 1.29 is 9.53 Å². The fourth-order valence-corrected chi connectivity index (χ4v) is 4.40. The fourth-order valence-electron chi connectivity index (χ4n) is 3.88. The number of hydrogen-bond donors (Lipinski definition) is 0. The number of halogens is 2. The van der Waals surface area contributed by atoms with Crippen LogP contribution in [0, 0.1) is 0 Å². The number of nitrogens with zero attached hydrogens (tertiary/aromatic N) is 4. The summed E-state index contributed by atoms with van der Waals surface area (Å²) in [4.78, 5) is 14.4. The SMILES string of the molecule is CCc1nnc2n1CC(c1c(Cl)c(Cl)cc(C(C)C)c1OC(=O)N(CC)CC)C2. The van der Waals surface area contributed by atoms with E-state index >= 15 is 0 Å². The molecule has 158 valence electrons. The third kappa shape index (κ3) is 4.10. The lowest BCUT2D eigenvalue weighted by Crippen LogP contribution is -2.33. The Balaban J connectivity index is 2.08. The Morgan fingerprint density at radius 3 is 2.55 bits per heavy atom. The number of aryl methyl sites for hydroxylation is 1. The van der Waals surface area contributed by atoms with E-state index in [2.05, 4.69) is 35.5 Å². The highest BCUT2D eigenvalue weighted by Gasteiger charge is 2.34. The van der Waals surface area contributed by atoms with Crippen molar-refractivity contribution >= 4 is 29.3 Å². The van der Waals surface area contributed by atoms with E-state index < -0.39 is 0 Å². The quantitative estimate of drug-likeness (QED) is 0.601. The van der Waals surface area contributed by atoms with Gasteiger partial charge >= 0.3 is 6.09 Å². The number of benzene rings is 1. The Bertz CT molecular complexity index is 907. The van der Waals surface area contributed by atoms with E-state index in [0.717, 1.165) is 29.2 Å². The lowest BCUT2D eigenvalue weighted by molar-refractivity contribution is 0.156. The van der Waals surface area contributed by atoms with Gasteiger partial charge in [-0.1, -0.05) is 44.0 Å². The van der Waals surface area contributed by atoms with Crippen molar-refractivity contribution in [3.8, 4) is 5.75 Å². The number of rotatable bonds is 6. The van der Waals surface area contributed by atoms with Crippen LogP contribution < -0.4 is 4.74 Å². The minimum atomic E-state index is -0.372. The Kier molecular flexibility index (Phi) is 6.74. The molecule has 2 aromatic rings. The van der Waals surface area contributed by atoms with Crippen LogP contribution in [0.3, 0.4) is 0 Å². The summed E-state index contributed by atoms with van der Waals surface area (Å²) in [5, 5.41) is 9.49. The molecule has 1 aromatic carbocycles. The minimum absolute atomic E-state index is 0.0222. The van der Waals surface area contributed by atoms with Gasteiger partial charge in [-0.3, -0.25) is 0 Å². The molecule has 1 atom stereocenters. The molecule has 29 heavy (non-hydrogen) atoms. The average molecular weight is 439 g/mol. The molecule has 1 aliphatic heterocycles. The van der Waals surface area contributed by atoms with E-state index in [0.29, 0.717) is 41.8 Å². The number of carbonyl (C=O) groups excluding carboxylic acids is 1. The van der Waals surface area contributed by atoms with E-state index in [-0.39, 0.29) is 17.9 Å². The lowest BCUT2D eigenvalue weighted by Gasteiger charge is -2.25. The van der Waals surface area contributed by atoms with Crippen LogP contribution in [0.2, 0.25) is 10.0 Å². The zero-order valence-electron chi connectivity index (χ0n) is 17.6. The van der Waals surface area contributed by atoms with Crippen LogP contribution in [-0.4, -0.2) is 38.8 Å². The Morgan fingerprint density at radius 2 is 1.97 bits per heavy atom. The zero-order valence-corrected chi connectivity index (χ0v) is 19.1. The summed E-state index contributed by atoms with van der Waals surface area (Å²) in [6.45, 7) is 11.9. The molecule has 8 heteroatoms. The first-order valence-electron chi connectivity index (χ1n) is 10.2. The molecule has 0 aliphatic carbocycles. The molecule has 1 amide bonds. The van der Waals surface area contributed by atoms with Gasteiger partial charge < -0.3 is 14.2 Å². The van der Waals surface area contributed by atoms with Crippen molar-refractivity contribution in [2.24, 2.45) is 0 Å². The molecule has 0 radical (unpaired) electrons. The summed E-state index contributed by atoms with van der Waals surface area (Å²) < 4.78 is 8.09. The highest BCUT2D eigenvalue weighted by atomic mass is 35.5. The summed E-state index contributed by atoms with van der Waals surface area (Å²) in [5.41, 5.74) is 1.67. The van der Waals surface area contributed by atoms with Gasteiger partial charge in [0.15, 0.2) is 0 Å². The largest absolute Gasteiger partial charge is 0.415 e. The van der Waals surface area contributed by atoms with Crippen molar-refractivity contribution in [3.05, 3.63) is 38.9 Å². The number of amides is 1. The average Bonchev–Trinajstić information content (AvgIpc) is 3.25. The van der Waals surface area contributed by atoms with Crippen molar-refractivity contribution in [3.63, 3.8) is 0 Å². The van der Waals surface area contributed by atoms with Crippen molar-refractivity contribution in [2.45, 2.75) is 65.8 Å². The summed E-state index contributed by atoms with van der Waals surface area (Å²) in [6, 6.07) is 1.81. The minimum Gasteiger partial charge on any atom is -0.410 e. The first kappa shape index (κ1) is 21.9. The van der Waals surface area contributed by atoms with Gasteiger partial charge in [-0.05, 0) is 31.4 Å². The van der Waals surface area contributed by atoms with E-state index in [1.807, 2.05) is 19.9 Å². The molecule has 0 saturated carbocycles. The third-order valence-corrected chi connectivity index (χ3v) is 6.33. The number of carbonyl (C=O) groups is 1. The fraction of sp³-hybridized carbons (Fsp3) is 0.571. The molecular formula is C21H28Cl2N4O2. The van der Waals surface area contributed by atoms with Crippen LogP contribution in [0.15, 0.2) is 6.07 Å². The van der Waals surface area contributed by atoms with Crippen LogP contribution in [0.5, 0.6) is 5.75 Å². The molecule has 0 spiro atoms. The Labute approximate surface area is 182 Å². The van der Waals surface area contributed by atoms with Gasteiger partial charge in [0.2, 0.25) is 0 Å². The van der Waals surface area contributed by atoms with Gasteiger partial charge in [-0.15, -0.1) is 10.2 Å². The van der Waals surface area contributed by atoms with Crippen molar-refractivity contribution in [1.82, 2.24) is 19.7 Å². The zero-order chi connectivity index (χ0) is 21.3. The number of ether oxygens (including phenoxy) is 1. The molecule has 6 nitrogen and oxygen atoms in total. The first-order valence-corrected chi connectivity index (χ1v) is 11.0. The normalized spacial score (nSPS) is 15.7. The van der Waals surface area contributed by atoms with Crippen molar-refractivity contribution in [1.29, 1.82) is 0 Å². The molecule has 1 aromatic heterocycles. The standard InChI is InChI=1S/C21H28Cl2N4O2/c1-6-16-24-25-17-9-13(11-27(16)17)18-19(23)15(22)10-14(12(4)5)20(18)29-21(28)26(7-2)8-3/h10,12-13H,6-9,11H2,1-5H3. The van der Waals surface area contributed by atoms with Gasteiger partial charge in [0.1, 0.15) is 17.4 Å². The molecule has 0 fully saturated rings. The molecule has 3 rings (SSSR count). The van der Waals surface area contributed by atoms with Gasteiger partial charge in [0, 0.05) is 44.0 Å². The van der Waals surface area contributed by atoms with E-state index in [9.17, 15) is 4.79 Å². The molecule has 2 heterocycles. The maximum absolute atomic E-state index is 12.8. The van der Waals surface area contributed by atoms with Gasteiger partial charge in [-0.25, -0.2) is 4.79 Å². The maximum atomic E-state index is 12.8. The molecule has 1 unspecified atom stereocenters. The Morgan fingerprint density at radius 1 is 1.28 bits per heavy atom. The Hall–Kier alpha value is -1.79. The number of hydrogen-bond acceptors (Lipinski definition) is 4. The van der Waals surface area contributed by atoms with Crippen LogP contribution in [0.4, 0.5) is 4.79 Å². The topological polar surface area (TPSA) is 60.2 Å². The second-order valence-corrected chi connectivity index (χ2v) is 8.38. The van der Waals surface area contributed by atoms with Gasteiger partial charge in [0.05, 0.1) is 10.0 Å². The first-order chi connectivity index (χ1) is 13.8. The maximum Gasteiger partial charge on any atom is 0.415 e. The van der Waals surface area contributed by atoms with Gasteiger partial charge in [0.25, 0.3) is 0 Å². The van der Waals surface area contributed by atoms with E-state index in [4.69, 9.17) is 27.9 Å². The van der Waals surface area contributed by atoms with E-state index in [1.54, 1.807) is 4.90 Å². The summed E-state index contributed by atoms with van der Waals surface area (Å²) in [7, 11) is 0. The van der Waals surface area contributed by atoms with Gasteiger partial charge in [-0.2, -0.15) is 0 Å². The summed E-state index contributed by atoms with van der Waals surface area (Å²) in [5.74, 6) is 2.55. The van der Waals surface area contributed by atoms with Crippen LogP contribution >= 0.6 is 23.2 Å². The molecule has 0 N–H and O–H groups in total. The van der Waals surface area contributed by atoms with Crippen LogP contribution in [0.1, 0.15) is 69.2 Å². The smallest absolute Gasteiger partial charge is 0.410 e. The number of fused-ring (bicyclic) bond motifs is 1. The van der Waals surface area contributed by atoms with Crippen LogP contribution in [-0.2, 0) is 19.4 Å². The van der Waals surface area contributed by atoms with Crippen LogP contribution in [0.25, 0.3) is 0 Å². The predicted molar refractivity (Wildman–Crippen MR) is 115 cm³/mol. The van der Waals surface area contributed by atoms with E-state index in [1.165, 1.54) is 0 Å². The second-order valence-electron chi connectivity index (χ2n) is 7.60. The highest BCUT2D eigenvalue weighted by molar-refractivity contribution is 6.42. The highest BCUT2D eigenvalue weighted by Crippen LogP contribution is 2.46. The number of aromatic nitrogens is 3. The summed E-state index contributed by atoms with van der Waals surface area (Å²) >= 11 is 13.2. The monoisotopic (exact) mass is 438 g/mol. The third-order valence-electron chi connectivity index (χ3n) is 5.53. The second kappa shape index (κ2) is 8.92. The summed E-state index contributed by atoms with van der Waals surface area (Å²) in [6.07, 6.45) is 1.12. The molecular weight excluding hydrogens is 411 g/mol. The molecule has 0 saturated heterocycles. The molecule has 0 bridgehead atoms.